The SMILES string of the molecule is C=CC(=C)Cc1nccn1C. The van der Waals surface area contributed by atoms with Crippen LogP contribution in [0.3, 0.4) is 0 Å². The van der Waals surface area contributed by atoms with Gasteiger partial charge in [-0.25, -0.2) is 4.98 Å². The van der Waals surface area contributed by atoms with Crippen LogP contribution in [0.4, 0.5) is 0 Å². The molecule has 0 spiro atoms. The Labute approximate surface area is 66.9 Å². The van der Waals surface area contributed by atoms with E-state index in [0.29, 0.717) is 0 Å². The van der Waals surface area contributed by atoms with Crippen molar-refractivity contribution in [1.82, 2.24) is 9.55 Å². The predicted molar refractivity (Wildman–Crippen MR) is 46.2 cm³/mol. The lowest BCUT2D eigenvalue weighted by Crippen LogP contribution is -1.97. The average molecular weight is 148 g/mol. The highest BCUT2D eigenvalue weighted by atomic mass is 15.0. The zero-order valence-electron chi connectivity index (χ0n) is 6.75. The molecule has 0 fully saturated rings. The van der Waals surface area contributed by atoms with Crippen molar-refractivity contribution in [3.63, 3.8) is 0 Å². The zero-order chi connectivity index (χ0) is 8.27. The molecule has 0 aliphatic heterocycles. The minimum absolute atomic E-state index is 0.785. The van der Waals surface area contributed by atoms with Crippen LogP contribution in [0.5, 0.6) is 0 Å². The lowest BCUT2D eigenvalue weighted by molar-refractivity contribution is 0.822. The van der Waals surface area contributed by atoms with E-state index in [4.69, 9.17) is 0 Å². The van der Waals surface area contributed by atoms with Crippen LogP contribution in [0.1, 0.15) is 5.82 Å². The second-order valence-corrected chi connectivity index (χ2v) is 2.49. The first kappa shape index (κ1) is 7.79. The van der Waals surface area contributed by atoms with Crippen molar-refractivity contribution in [2.75, 3.05) is 0 Å². The summed E-state index contributed by atoms with van der Waals surface area (Å²) in [5, 5.41) is 0. The van der Waals surface area contributed by atoms with E-state index >= 15 is 0 Å². The molecule has 11 heavy (non-hydrogen) atoms. The maximum Gasteiger partial charge on any atom is 0.112 e. The van der Waals surface area contributed by atoms with Gasteiger partial charge in [0.25, 0.3) is 0 Å². The molecule has 0 amide bonds. The molecule has 0 saturated carbocycles. The van der Waals surface area contributed by atoms with Gasteiger partial charge in [0.2, 0.25) is 0 Å². The van der Waals surface area contributed by atoms with Gasteiger partial charge in [-0.3, -0.25) is 0 Å². The van der Waals surface area contributed by atoms with Crippen molar-refractivity contribution >= 4 is 0 Å². The second-order valence-electron chi connectivity index (χ2n) is 2.49. The third-order valence-corrected chi connectivity index (χ3v) is 1.59. The Balaban J connectivity index is 2.71. The molecule has 2 heteroatoms. The maximum atomic E-state index is 4.16. The zero-order valence-corrected chi connectivity index (χ0v) is 6.75. The Bertz CT molecular complexity index is 271. The number of imidazole rings is 1. The van der Waals surface area contributed by atoms with E-state index in [1.54, 1.807) is 12.3 Å². The summed E-state index contributed by atoms with van der Waals surface area (Å²) in [5.41, 5.74) is 0.999. The summed E-state index contributed by atoms with van der Waals surface area (Å²) in [6.07, 6.45) is 6.25. The smallest absolute Gasteiger partial charge is 0.112 e. The Morgan fingerprint density at radius 2 is 2.55 bits per heavy atom. The molecule has 58 valence electrons. The highest BCUT2D eigenvalue weighted by molar-refractivity contribution is 5.16. The lowest BCUT2D eigenvalue weighted by atomic mass is 10.2. The third-order valence-electron chi connectivity index (χ3n) is 1.59. The second kappa shape index (κ2) is 3.19. The van der Waals surface area contributed by atoms with Crippen LogP contribution in [-0.2, 0) is 13.5 Å². The molecule has 0 atom stereocenters. The molecule has 1 aromatic rings. The molecular formula is C9H12N2. The van der Waals surface area contributed by atoms with Gasteiger partial charge in [0, 0.05) is 25.9 Å². The van der Waals surface area contributed by atoms with Crippen LogP contribution < -0.4 is 0 Å². The van der Waals surface area contributed by atoms with Gasteiger partial charge >= 0.3 is 0 Å². The summed E-state index contributed by atoms with van der Waals surface area (Å²) in [5.74, 6) is 1.02. The van der Waals surface area contributed by atoms with Crippen LogP contribution in [0.25, 0.3) is 0 Å². The van der Waals surface area contributed by atoms with E-state index in [1.165, 1.54) is 0 Å². The number of nitrogens with zero attached hydrogens (tertiary/aromatic N) is 2. The standard InChI is InChI=1S/C9H12N2/c1-4-8(2)7-9-10-5-6-11(9)3/h4-6H,1-2,7H2,3H3. The Hall–Kier alpha value is -1.31. The molecule has 1 heterocycles. The lowest BCUT2D eigenvalue weighted by Gasteiger charge is -1.99. The maximum absolute atomic E-state index is 4.16. The van der Waals surface area contributed by atoms with Gasteiger partial charge in [0.15, 0.2) is 0 Å². The minimum atomic E-state index is 0.785. The molecule has 0 N–H and O–H groups in total. The largest absolute Gasteiger partial charge is 0.338 e. The van der Waals surface area contributed by atoms with Crippen LogP contribution in [0, 0.1) is 0 Å². The van der Waals surface area contributed by atoms with E-state index in [-0.39, 0.29) is 0 Å². The topological polar surface area (TPSA) is 17.8 Å². The number of aromatic nitrogens is 2. The van der Waals surface area contributed by atoms with Crippen molar-refractivity contribution in [3.8, 4) is 0 Å². The van der Waals surface area contributed by atoms with E-state index in [0.717, 1.165) is 17.8 Å². The number of hydrogen-bond donors (Lipinski definition) is 0. The van der Waals surface area contributed by atoms with Crippen LogP contribution >= 0.6 is 0 Å². The highest BCUT2D eigenvalue weighted by Gasteiger charge is 1.98. The van der Waals surface area contributed by atoms with Gasteiger partial charge in [-0.2, -0.15) is 0 Å². The van der Waals surface area contributed by atoms with Crippen molar-refractivity contribution in [2.45, 2.75) is 6.42 Å². The van der Waals surface area contributed by atoms with Crippen molar-refractivity contribution in [3.05, 3.63) is 43.0 Å². The molecule has 0 bridgehead atoms. The summed E-state index contributed by atoms with van der Waals surface area (Å²) in [7, 11) is 1.97. The van der Waals surface area contributed by atoms with E-state index in [1.807, 2.05) is 17.8 Å². The molecule has 0 aliphatic carbocycles. The molecule has 0 radical (unpaired) electrons. The molecule has 0 unspecified atom stereocenters. The van der Waals surface area contributed by atoms with Gasteiger partial charge in [-0.15, -0.1) is 0 Å². The van der Waals surface area contributed by atoms with Crippen LogP contribution in [0.15, 0.2) is 37.2 Å². The fourth-order valence-corrected chi connectivity index (χ4v) is 0.842. The molecular weight excluding hydrogens is 136 g/mol. The summed E-state index contributed by atoms with van der Waals surface area (Å²) < 4.78 is 1.98. The van der Waals surface area contributed by atoms with Gasteiger partial charge in [-0.05, 0) is 5.57 Å². The molecule has 1 rings (SSSR count). The Morgan fingerprint density at radius 1 is 1.82 bits per heavy atom. The third kappa shape index (κ3) is 1.80. The Morgan fingerprint density at radius 3 is 3.00 bits per heavy atom. The summed E-state index contributed by atoms with van der Waals surface area (Å²) >= 11 is 0. The fourth-order valence-electron chi connectivity index (χ4n) is 0.842. The predicted octanol–water partition coefficient (Wildman–Crippen LogP) is 1.70. The van der Waals surface area contributed by atoms with Gasteiger partial charge < -0.3 is 4.57 Å². The normalized spacial score (nSPS) is 9.55. The van der Waals surface area contributed by atoms with E-state index in [9.17, 15) is 0 Å². The van der Waals surface area contributed by atoms with E-state index in [2.05, 4.69) is 18.1 Å². The van der Waals surface area contributed by atoms with Crippen LogP contribution in [0.2, 0.25) is 0 Å². The van der Waals surface area contributed by atoms with Gasteiger partial charge in [-0.1, -0.05) is 19.2 Å². The Kier molecular flexibility index (Phi) is 2.26. The first-order valence-electron chi connectivity index (χ1n) is 3.50. The molecule has 1 aromatic heterocycles. The molecule has 2 nitrogen and oxygen atoms in total. The summed E-state index contributed by atoms with van der Waals surface area (Å²) in [6, 6.07) is 0. The monoisotopic (exact) mass is 148 g/mol. The highest BCUT2D eigenvalue weighted by Crippen LogP contribution is 2.03. The number of aryl methyl sites for hydroxylation is 1. The first-order chi connectivity index (χ1) is 5.24. The fraction of sp³-hybridized carbons (Fsp3) is 0.222. The first-order valence-corrected chi connectivity index (χ1v) is 3.50. The van der Waals surface area contributed by atoms with Gasteiger partial charge in [0.1, 0.15) is 5.82 Å². The number of rotatable bonds is 3. The number of allylic oxidation sites excluding steroid dienone is 2. The quantitative estimate of drug-likeness (QED) is 0.596. The minimum Gasteiger partial charge on any atom is -0.338 e. The molecule has 0 aromatic carbocycles. The number of hydrogen-bond acceptors (Lipinski definition) is 1. The van der Waals surface area contributed by atoms with Gasteiger partial charge in [0.05, 0.1) is 0 Å². The summed E-state index contributed by atoms with van der Waals surface area (Å²) in [4.78, 5) is 4.16. The van der Waals surface area contributed by atoms with Crippen molar-refractivity contribution in [2.24, 2.45) is 7.05 Å². The average Bonchev–Trinajstić information content (AvgIpc) is 2.37. The van der Waals surface area contributed by atoms with Crippen molar-refractivity contribution in [1.29, 1.82) is 0 Å². The molecule has 0 aliphatic rings. The van der Waals surface area contributed by atoms with Crippen LogP contribution in [-0.4, -0.2) is 9.55 Å². The molecule has 0 saturated heterocycles. The van der Waals surface area contributed by atoms with Crippen molar-refractivity contribution < 1.29 is 0 Å². The van der Waals surface area contributed by atoms with E-state index < -0.39 is 0 Å². The summed E-state index contributed by atoms with van der Waals surface area (Å²) in [6.45, 7) is 7.45.